The third-order valence-electron chi connectivity index (χ3n) is 5.81. The first-order valence-electron chi connectivity index (χ1n) is 10.5. The van der Waals surface area contributed by atoms with Gasteiger partial charge in [0.05, 0.1) is 12.5 Å². The Kier molecular flexibility index (Phi) is 6.24. The van der Waals surface area contributed by atoms with Crippen LogP contribution in [0.2, 0.25) is 0 Å². The van der Waals surface area contributed by atoms with Gasteiger partial charge in [-0.2, -0.15) is 0 Å². The summed E-state index contributed by atoms with van der Waals surface area (Å²) >= 11 is 0. The Bertz CT molecular complexity index is 962. The van der Waals surface area contributed by atoms with Crippen LogP contribution in [0.5, 0.6) is 0 Å². The number of halogens is 1. The molecular weight excluding hydrogens is 375 g/mol. The van der Waals surface area contributed by atoms with Crippen LogP contribution in [0.1, 0.15) is 28.3 Å². The first kappa shape index (κ1) is 20.3. The Labute approximate surface area is 177 Å². The van der Waals surface area contributed by atoms with Crippen LogP contribution >= 0.6 is 0 Å². The molecule has 0 aliphatic carbocycles. The van der Waals surface area contributed by atoms with Gasteiger partial charge in [-0.1, -0.05) is 72.3 Å². The lowest BCUT2D eigenvalue weighted by atomic mass is 9.95. The Hall–Kier alpha value is -2.98. The van der Waals surface area contributed by atoms with Crippen LogP contribution in [0.15, 0.2) is 78.9 Å². The molecule has 1 heterocycles. The molecular formula is C26H27FN2O. The molecule has 4 heteroatoms. The van der Waals surface area contributed by atoms with E-state index in [1.54, 1.807) is 12.1 Å². The highest BCUT2D eigenvalue weighted by atomic mass is 19.1. The van der Waals surface area contributed by atoms with E-state index in [2.05, 4.69) is 60.4 Å². The molecule has 0 bridgehead atoms. The smallest absolute Gasteiger partial charge is 0.227 e. The summed E-state index contributed by atoms with van der Waals surface area (Å²) in [5.74, 6) is -0.171. The van der Waals surface area contributed by atoms with Crippen molar-refractivity contribution in [1.29, 1.82) is 0 Å². The molecule has 30 heavy (non-hydrogen) atoms. The number of rotatable bonds is 5. The topological polar surface area (TPSA) is 23.6 Å². The summed E-state index contributed by atoms with van der Waals surface area (Å²) < 4.78 is 13.1. The summed E-state index contributed by atoms with van der Waals surface area (Å²) in [5.41, 5.74) is 4.65. The van der Waals surface area contributed by atoms with E-state index in [4.69, 9.17) is 0 Å². The zero-order valence-corrected chi connectivity index (χ0v) is 17.3. The second-order valence-electron chi connectivity index (χ2n) is 7.94. The lowest BCUT2D eigenvalue weighted by Gasteiger charge is -2.40. The maximum Gasteiger partial charge on any atom is 0.227 e. The number of amides is 1. The molecule has 3 aromatic carbocycles. The first-order chi connectivity index (χ1) is 14.6. The maximum atomic E-state index is 13.1. The number of carbonyl (C=O) groups excluding carboxylic acids is 1. The number of aryl methyl sites for hydroxylation is 1. The van der Waals surface area contributed by atoms with Crippen molar-refractivity contribution in [1.82, 2.24) is 9.80 Å². The Morgan fingerprint density at radius 3 is 2.07 bits per heavy atom. The van der Waals surface area contributed by atoms with Gasteiger partial charge in [-0.15, -0.1) is 0 Å². The minimum atomic E-state index is -0.275. The fraction of sp³-hybridized carbons (Fsp3) is 0.269. The van der Waals surface area contributed by atoms with Crippen molar-refractivity contribution in [3.63, 3.8) is 0 Å². The summed E-state index contributed by atoms with van der Waals surface area (Å²) in [5, 5.41) is 0. The van der Waals surface area contributed by atoms with Gasteiger partial charge in [0.1, 0.15) is 5.82 Å². The van der Waals surface area contributed by atoms with Crippen molar-refractivity contribution in [2.75, 3.05) is 26.2 Å². The van der Waals surface area contributed by atoms with Crippen molar-refractivity contribution < 1.29 is 9.18 Å². The number of hydrogen-bond acceptors (Lipinski definition) is 2. The van der Waals surface area contributed by atoms with Crippen LogP contribution in [-0.2, 0) is 11.2 Å². The van der Waals surface area contributed by atoms with Crippen LogP contribution in [0, 0.1) is 12.7 Å². The van der Waals surface area contributed by atoms with Crippen molar-refractivity contribution >= 4 is 5.91 Å². The van der Waals surface area contributed by atoms with E-state index >= 15 is 0 Å². The van der Waals surface area contributed by atoms with Crippen LogP contribution < -0.4 is 0 Å². The number of carbonyl (C=O) groups is 1. The fourth-order valence-electron chi connectivity index (χ4n) is 4.12. The molecule has 1 atom stereocenters. The van der Waals surface area contributed by atoms with Gasteiger partial charge in [0.15, 0.2) is 0 Å². The van der Waals surface area contributed by atoms with Crippen LogP contribution in [0.25, 0.3) is 0 Å². The number of hydrogen-bond donors (Lipinski definition) is 0. The van der Waals surface area contributed by atoms with Crippen LogP contribution in [-0.4, -0.2) is 41.9 Å². The van der Waals surface area contributed by atoms with E-state index in [0.717, 1.165) is 18.7 Å². The molecule has 0 N–H and O–H groups in total. The van der Waals surface area contributed by atoms with E-state index in [0.29, 0.717) is 19.5 Å². The average molecular weight is 403 g/mol. The summed E-state index contributed by atoms with van der Waals surface area (Å²) in [6.07, 6.45) is 0.320. The molecule has 1 fully saturated rings. The molecule has 1 aliphatic rings. The van der Waals surface area contributed by atoms with Crippen molar-refractivity contribution in [2.45, 2.75) is 19.4 Å². The molecule has 0 radical (unpaired) electrons. The van der Waals surface area contributed by atoms with E-state index in [9.17, 15) is 9.18 Å². The highest BCUT2D eigenvalue weighted by Gasteiger charge is 2.28. The number of piperazine rings is 1. The molecule has 154 valence electrons. The molecule has 1 saturated heterocycles. The molecule has 0 aromatic heterocycles. The molecule has 1 unspecified atom stereocenters. The maximum absolute atomic E-state index is 13.1. The minimum absolute atomic E-state index is 0.104. The molecule has 3 aromatic rings. The Morgan fingerprint density at radius 1 is 0.833 bits per heavy atom. The number of benzene rings is 3. The molecule has 4 rings (SSSR count). The zero-order chi connectivity index (χ0) is 20.9. The van der Waals surface area contributed by atoms with E-state index < -0.39 is 0 Å². The third kappa shape index (κ3) is 4.77. The van der Waals surface area contributed by atoms with Gasteiger partial charge in [-0.05, 0) is 35.7 Å². The molecule has 0 saturated carbocycles. The van der Waals surface area contributed by atoms with Gasteiger partial charge < -0.3 is 4.90 Å². The normalized spacial score (nSPS) is 15.7. The zero-order valence-electron chi connectivity index (χ0n) is 17.3. The minimum Gasteiger partial charge on any atom is -0.340 e. The second kappa shape index (κ2) is 9.23. The van der Waals surface area contributed by atoms with Gasteiger partial charge in [0, 0.05) is 26.2 Å². The van der Waals surface area contributed by atoms with E-state index in [1.807, 2.05) is 11.0 Å². The Balaban J connectivity index is 1.45. The van der Waals surface area contributed by atoms with Crippen LogP contribution in [0.3, 0.4) is 0 Å². The largest absolute Gasteiger partial charge is 0.340 e. The predicted molar refractivity (Wildman–Crippen MR) is 118 cm³/mol. The van der Waals surface area contributed by atoms with Gasteiger partial charge >= 0.3 is 0 Å². The lowest BCUT2D eigenvalue weighted by molar-refractivity contribution is -0.132. The van der Waals surface area contributed by atoms with Gasteiger partial charge in [0.25, 0.3) is 0 Å². The van der Waals surface area contributed by atoms with Gasteiger partial charge in [-0.3, -0.25) is 9.69 Å². The Morgan fingerprint density at radius 2 is 1.43 bits per heavy atom. The standard InChI is InChI=1S/C26H27FN2O/c1-20-7-11-23(12-8-20)26(22-5-3-2-4-6-22)29-17-15-28(16-18-29)25(30)19-21-9-13-24(27)14-10-21/h2-14,26H,15-19H2,1H3. The SMILES string of the molecule is Cc1ccc(C(c2ccccc2)N2CCN(C(=O)Cc3ccc(F)cc3)CC2)cc1. The lowest BCUT2D eigenvalue weighted by Crippen LogP contribution is -2.50. The average Bonchev–Trinajstić information content (AvgIpc) is 2.78. The summed E-state index contributed by atoms with van der Waals surface area (Å²) in [6, 6.07) is 25.7. The summed E-state index contributed by atoms with van der Waals surface area (Å²) in [4.78, 5) is 17.1. The summed E-state index contributed by atoms with van der Waals surface area (Å²) in [7, 11) is 0. The van der Waals surface area contributed by atoms with Gasteiger partial charge in [0.2, 0.25) is 5.91 Å². The fourth-order valence-corrected chi connectivity index (χ4v) is 4.12. The van der Waals surface area contributed by atoms with Crippen molar-refractivity contribution in [3.05, 3.63) is 107 Å². The van der Waals surface area contributed by atoms with Crippen molar-refractivity contribution in [3.8, 4) is 0 Å². The van der Waals surface area contributed by atoms with E-state index in [-0.39, 0.29) is 17.8 Å². The monoisotopic (exact) mass is 402 g/mol. The molecule has 0 spiro atoms. The number of nitrogens with zero attached hydrogens (tertiary/aromatic N) is 2. The highest BCUT2D eigenvalue weighted by Crippen LogP contribution is 2.30. The van der Waals surface area contributed by atoms with Gasteiger partial charge in [-0.25, -0.2) is 4.39 Å². The molecule has 1 aliphatic heterocycles. The molecule has 1 amide bonds. The van der Waals surface area contributed by atoms with E-state index in [1.165, 1.54) is 28.8 Å². The van der Waals surface area contributed by atoms with Crippen LogP contribution in [0.4, 0.5) is 4.39 Å². The highest BCUT2D eigenvalue weighted by molar-refractivity contribution is 5.78. The quantitative estimate of drug-likeness (QED) is 0.622. The van der Waals surface area contributed by atoms with Crippen molar-refractivity contribution in [2.24, 2.45) is 0 Å². The second-order valence-corrected chi connectivity index (χ2v) is 7.94. The first-order valence-corrected chi connectivity index (χ1v) is 10.5. The molecule has 3 nitrogen and oxygen atoms in total. The predicted octanol–water partition coefficient (Wildman–Crippen LogP) is 4.61. The third-order valence-corrected chi connectivity index (χ3v) is 5.81. The summed E-state index contributed by atoms with van der Waals surface area (Å²) in [6.45, 7) is 5.16.